The van der Waals surface area contributed by atoms with Gasteiger partial charge in [0.25, 0.3) is 11.8 Å². The van der Waals surface area contributed by atoms with Crippen molar-refractivity contribution in [2.24, 2.45) is 70.0 Å². The molecular weight excluding hydrogens is 1020 g/mol. The molecule has 0 heterocycles. The summed E-state index contributed by atoms with van der Waals surface area (Å²) in [6.45, 7) is 31.3. The van der Waals surface area contributed by atoms with Gasteiger partial charge in [-0.1, -0.05) is 187 Å². The van der Waals surface area contributed by atoms with E-state index in [1.807, 2.05) is 20.8 Å². The topological polar surface area (TPSA) is 0 Å². The SMILES string of the molecule is CC1(C)CCCCC1.CC1CCC(C)(C)CC1.CC1CCC(C)CC1.CC1CCC(F)(F)CC1.CC1CCC(F)CC1.CC1CCCC(F)[C@@H]1C.C[C@@H]1C(C)(F)CCCC1(F)F.C[C@@H]1CCCCC1(F)F.C[C@@H]1CCCCC1F. The van der Waals surface area contributed by atoms with E-state index in [-0.39, 0.29) is 38.0 Å². The minimum absolute atomic E-state index is 0.105. The van der Waals surface area contributed by atoms with Gasteiger partial charge in [0.05, 0.1) is 5.92 Å². The van der Waals surface area contributed by atoms with Gasteiger partial charge < -0.3 is 0 Å². The quantitative estimate of drug-likeness (QED) is 0.212. The van der Waals surface area contributed by atoms with Gasteiger partial charge >= 0.3 is 0 Å². The summed E-state index contributed by atoms with van der Waals surface area (Å²) in [5.41, 5.74) is -0.341. The van der Waals surface area contributed by atoms with Crippen molar-refractivity contribution in [3.63, 3.8) is 0 Å². The molecule has 9 saturated carbocycles. The highest BCUT2D eigenvalue weighted by Crippen LogP contribution is 2.46. The van der Waals surface area contributed by atoms with Crippen molar-refractivity contribution in [1.29, 1.82) is 0 Å². The third-order valence-electron chi connectivity index (χ3n) is 20.5. The van der Waals surface area contributed by atoms with Gasteiger partial charge in [-0.3, -0.25) is 0 Å². The Morgan fingerprint density at radius 1 is 0.291 bits per heavy atom. The molecule has 474 valence electrons. The zero-order chi connectivity index (χ0) is 60.3. The molecule has 0 bridgehead atoms. The standard InChI is InChI=1S/C9H18.C8H13F3.C8H15F.2C8H16.2C7H12F2.2C7H13F/c1-8-4-6-9(2,3)7-5-8;1-6-7(2,9)4-3-5-8(6,10)11;1-6-4-3-5-8(9)7(6)2;1-7-3-5-8(2)6-4-7;1-8(2)6-4-3-5-7-8;1-6-2-4-7(8,9)5-3-6;1-6-4-2-3-5-7(6,8)9;1-6-2-4-7(8)5-3-6;1-6-4-2-3-5-7(6)8/h8H,4-7H2,1-3H3;6H,3-5H2,1-2H3;6-8H,3-5H2,1-2H3;7-8H,3-6H2,1-2H3;3-7H2,1-2H3;2*6H,2-5H2,1H3;2*6-7H,2-5H2,1H3/t;6-,7?;6?,7-,8?;;;;6-;;6-,7?/m.11...1.1/s1. The van der Waals surface area contributed by atoms with Crippen LogP contribution in [0, 0.1) is 70.0 Å². The van der Waals surface area contributed by atoms with Crippen LogP contribution in [-0.2, 0) is 0 Å². The Balaban J connectivity index is 0.000000445. The second-order valence-corrected chi connectivity index (χ2v) is 29.9. The zero-order valence-corrected chi connectivity index (χ0v) is 54.0. The summed E-state index contributed by atoms with van der Waals surface area (Å²) in [7, 11) is 0. The first kappa shape index (κ1) is 76.3. The third kappa shape index (κ3) is 34.8. The lowest BCUT2D eigenvalue weighted by molar-refractivity contribution is -0.139. The molecule has 4 unspecified atom stereocenters. The van der Waals surface area contributed by atoms with E-state index < -0.39 is 47.9 Å². The summed E-state index contributed by atoms with van der Waals surface area (Å²) < 4.78 is 127. The fourth-order valence-corrected chi connectivity index (χ4v) is 12.5. The van der Waals surface area contributed by atoms with Gasteiger partial charge in [0.15, 0.2) is 0 Å². The summed E-state index contributed by atoms with van der Waals surface area (Å²) >= 11 is 0. The molecule has 10 heteroatoms. The molecule has 79 heavy (non-hydrogen) atoms. The van der Waals surface area contributed by atoms with E-state index in [4.69, 9.17) is 0 Å². The highest BCUT2D eigenvalue weighted by atomic mass is 19.3. The van der Waals surface area contributed by atoms with Crippen molar-refractivity contribution in [3.8, 4) is 0 Å². The highest BCUT2D eigenvalue weighted by Gasteiger charge is 2.51. The van der Waals surface area contributed by atoms with E-state index >= 15 is 0 Å². The lowest BCUT2D eigenvalue weighted by Gasteiger charge is -2.38. The summed E-state index contributed by atoms with van der Waals surface area (Å²) in [4.78, 5) is 0. The number of alkyl halides is 10. The van der Waals surface area contributed by atoms with Crippen molar-refractivity contribution in [1.82, 2.24) is 0 Å². The van der Waals surface area contributed by atoms with Crippen LogP contribution in [0.15, 0.2) is 0 Å². The summed E-state index contributed by atoms with van der Waals surface area (Å²) in [5.74, 6) is -3.44. The van der Waals surface area contributed by atoms with Crippen LogP contribution in [0.4, 0.5) is 43.9 Å². The van der Waals surface area contributed by atoms with Crippen LogP contribution >= 0.6 is 0 Å². The monoisotopic (exact) mass is 1150 g/mol. The van der Waals surface area contributed by atoms with Crippen molar-refractivity contribution in [2.45, 2.75) is 371 Å². The third-order valence-corrected chi connectivity index (χ3v) is 20.5. The van der Waals surface area contributed by atoms with Gasteiger partial charge in [-0.05, 0) is 174 Å². The fraction of sp³-hybridized carbons (Fsp3) is 1.00. The average molecular weight is 1150 g/mol. The smallest absolute Gasteiger partial charge is 0.247 e. The lowest BCUT2D eigenvalue weighted by Crippen LogP contribution is -2.44. The summed E-state index contributed by atoms with van der Waals surface area (Å²) in [6, 6.07) is 0. The Morgan fingerprint density at radius 3 is 0.987 bits per heavy atom. The van der Waals surface area contributed by atoms with E-state index in [0.29, 0.717) is 66.6 Å². The summed E-state index contributed by atoms with van der Waals surface area (Å²) in [6.07, 6.45) is 33.2. The first-order valence-corrected chi connectivity index (χ1v) is 33.2. The second kappa shape index (κ2) is 37.7. The van der Waals surface area contributed by atoms with E-state index in [9.17, 15) is 43.9 Å². The van der Waals surface area contributed by atoms with Gasteiger partial charge in [0, 0.05) is 31.6 Å². The Bertz CT molecular complexity index is 1370. The summed E-state index contributed by atoms with van der Waals surface area (Å²) in [5, 5.41) is 0. The molecule has 0 nitrogen and oxygen atoms in total. The second-order valence-electron chi connectivity index (χ2n) is 29.9. The molecule has 0 aromatic rings. The van der Waals surface area contributed by atoms with Crippen molar-refractivity contribution in [3.05, 3.63) is 0 Å². The molecule has 0 spiro atoms. The molecule has 0 aliphatic heterocycles. The van der Waals surface area contributed by atoms with Crippen LogP contribution in [-0.4, -0.2) is 42.0 Å². The molecule has 0 amide bonds. The molecule has 9 aliphatic carbocycles. The van der Waals surface area contributed by atoms with Crippen LogP contribution in [0.1, 0.15) is 329 Å². The fourth-order valence-electron chi connectivity index (χ4n) is 12.5. The van der Waals surface area contributed by atoms with Crippen molar-refractivity contribution >= 4 is 0 Å². The van der Waals surface area contributed by atoms with Gasteiger partial charge in [0.2, 0.25) is 5.92 Å². The zero-order valence-electron chi connectivity index (χ0n) is 54.0. The number of hydrogen-bond donors (Lipinski definition) is 0. The molecule has 0 saturated heterocycles. The Hall–Kier alpha value is -0.700. The van der Waals surface area contributed by atoms with Gasteiger partial charge in [-0.15, -0.1) is 0 Å². The molecular formula is C69H128F10. The highest BCUT2D eigenvalue weighted by molar-refractivity contribution is 4.93. The minimum atomic E-state index is -2.80. The first-order valence-electron chi connectivity index (χ1n) is 33.2. The molecule has 8 atom stereocenters. The minimum Gasteiger partial charge on any atom is -0.247 e. The van der Waals surface area contributed by atoms with Crippen LogP contribution in [0.2, 0.25) is 0 Å². The maximum Gasteiger partial charge on any atom is 0.253 e. The Labute approximate surface area is 482 Å². The van der Waals surface area contributed by atoms with E-state index in [1.165, 1.54) is 110 Å². The van der Waals surface area contributed by atoms with Crippen LogP contribution < -0.4 is 0 Å². The van der Waals surface area contributed by atoms with E-state index in [1.54, 1.807) is 6.92 Å². The molecule has 0 aromatic heterocycles. The van der Waals surface area contributed by atoms with Crippen LogP contribution in [0.25, 0.3) is 0 Å². The van der Waals surface area contributed by atoms with Gasteiger partial charge in [-0.25, -0.2) is 43.9 Å². The normalized spacial score (nSPS) is 36.5. The Kier molecular flexibility index (Phi) is 36.4. The molecule has 0 N–H and O–H groups in total. The molecule has 9 fully saturated rings. The average Bonchev–Trinajstić information content (AvgIpc) is 3.37. The van der Waals surface area contributed by atoms with E-state index in [0.717, 1.165) is 87.9 Å². The lowest BCUT2D eigenvalue weighted by atomic mass is 9.74. The van der Waals surface area contributed by atoms with Crippen LogP contribution in [0.3, 0.4) is 0 Å². The first-order chi connectivity index (χ1) is 36.5. The van der Waals surface area contributed by atoms with Crippen molar-refractivity contribution < 1.29 is 43.9 Å². The number of halogens is 10. The van der Waals surface area contributed by atoms with E-state index in [2.05, 4.69) is 62.3 Å². The van der Waals surface area contributed by atoms with Gasteiger partial charge in [0.1, 0.15) is 24.2 Å². The maximum absolute atomic E-state index is 13.3. The predicted molar refractivity (Wildman–Crippen MR) is 320 cm³/mol. The largest absolute Gasteiger partial charge is 0.253 e. The number of hydrogen-bond acceptors (Lipinski definition) is 0. The molecule has 9 rings (SSSR count). The maximum atomic E-state index is 13.3. The van der Waals surface area contributed by atoms with Crippen LogP contribution in [0.5, 0.6) is 0 Å². The molecule has 9 aliphatic rings. The number of rotatable bonds is 0. The predicted octanol–water partition coefficient (Wildman–Crippen LogP) is 25.7. The molecule has 0 radical (unpaired) electrons. The van der Waals surface area contributed by atoms with Crippen molar-refractivity contribution in [2.75, 3.05) is 0 Å². The Morgan fingerprint density at radius 2 is 0.671 bits per heavy atom. The molecule has 0 aromatic carbocycles. The van der Waals surface area contributed by atoms with Gasteiger partial charge in [-0.2, -0.15) is 0 Å².